The minimum absolute atomic E-state index is 0.176. The molecule has 0 spiro atoms. The van der Waals surface area contributed by atoms with Crippen molar-refractivity contribution in [3.63, 3.8) is 0 Å². The molecule has 3 rings (SSSR count). The summed E-state index contributed by atoms with van der Waals surface area (Å²) in [6.07, 6.45) is 3.07. The number of hydrogen-bond donors (Lipinski definition) is 1. The van der Waals surface area contributed by atoms with Crippen molar-refractivity contribution >= 4 is 25.3 Å². The van der Waals surface area contributed by atoms with Crippen molar-refractivity contribution in [1.82, 2.24) is 19.4 Å². The second-order valence-electron chi connectivity index (χ2n) is 7.81. The maximum atomic E-state index is 11.0. The second kappa shape index (κ2) is 7.63. The van der Waals surface area contributed by atoms with Gasteiger partial charge in [-0.2, -0.15) is 0 Å². The van der Waals surface area contributed by atoms with E-state index >= 15 is 0 Å². The zero-order valence-corrected chi connectivity index (χ0v) is 16.5. The van der Waals surface area contributed by atoms with Crippen molar-refractivity contribution in [2.24, 2.45) is 0 Å². The van der Waals surface area contributed by atoms with Crippen LogP contribution in [-0.4, -0.2) is 64.5 Å². The van der Waals surface area contributed by atoms with Gasteiger partial charge in [0, 0.05) is 33.8 Å². The molecule has 3 heterocycles. The SMILES string of the molecule is C[Si](C)(C)CCOCn1ccc2nc(O[C@H]3CCN(C(=O)O)C3)cnc21. The highest BCUT2D eigenvalue weighted by Crippen LogP contribution is 2.19. The van der Waals surface area contributed by atoms with Gasteiger partial charge in [0.1, 0.15) is 18.4 Å². The van der Waals surface area contributed by atoms with E-state index in [1.54, 1.807) is 6.20 Å². The van der Waals surface area contributed by atoms with Gasteiger partial charge in [0.2, 0.25) is 5.88 Å². The van der Waals surface area contributed by atoms with Crippen molar-refractivity contribution in [1.29, 1.82) is 0 Å². The first-order chi connectivity index (χ1) is 12.3. The lowest BCUT2D eigenvalue weighted by atomic mass is 10.3. The summed E-state index contributed by atoms with van der Waals surface area (Å²) in [7, 11) is -1.09. The van der Waals surface area contributed by atoms with Gasteiger partial charge >= 0.3 is 6.09 Å². The van der Waals surface area contributed by atoms with Crippen LogP contribution in [0.2, 0.25) is 25.7 Å². The molecule has 2 aromatic rings. The average Bonchev–Trinajstić information content (AvgIpc) is 3.18. The van der Waals surface area contributed by atoms with Crippen molar-refractivity contribution in [3.05, 3.63) is 18.5 Å². The predicted molar refractivity (Wildman–Crippen MR) is 100 cm³/mol. The molecule has 1 saturated heterocycles. The number of hydrogen-bond acceptors (Lipinski definition) is 5. The molecule has 0 aliphatic carbocycles. The topological polar surface area (TPSA) is 89.7 Å². The number of fused-ring (bicyclic) bond motifs is 1. The van der Waals surface area contributed by atoms with Crippen LogP contribution in [0.15, 0.2) is 18.5 Å². The van der Waals surface area contributed by atoms with Gasteiger partial charge in [-0.1, -0.05) is 19.6 Å². The third-order valence-electron chi connectivity index (χ3n) is 4.37. The fraction of sp³-hybridized carbons (Fsp3) is 0.588. The summed E-state index contributed by atoms with van der Waals surface area (Å²) in [5.41, 5.74) is 1.49. The Balaban J connectivity index is 1.58. The van der Waals surface area contributed by atoms with Crippen LogP contribution < -0.4 is 4.74 Å². The summed E-state index contributed by atoms with van der Waals surface area (Å²) in [5.74, 6) is 0.423. The highest BCUT2D eigenvalue weighted by atomic mass is 28.3. The lowest BCUT2D eigenvalue weighted by Gasteiger charge is -2.15. The van der Waals surface area contributed by atoms with Crippen LogP contribution >= 0.6 is 0 Å². The summed E-state index contributed by atoms with van der Waals surface area (Å²) >= 11 is 0. The zero-order chi connectivity index (χ0) is 18.7. The van der Waals surface area contributed by atoms with Gasteiger partial charge in [-0.05, 0) is 12.1 Å². The van der Waals surface area contributed by atoms with Gasteiger partial charge in [0.15, 0.2) is 5.65 Å². The highest BCUT2D eigenvalue weighted by molar-refractivity contribution is 6.76. The molecule has 1 aliphatic rings. The van der Waals surface area contributed by atoms with Gasteiger partial charge in [-0.3, -0.25) is 0 Å². The monoisotopic (exact) mass is 378 g/mol. The number of rotatable bonds is 7. The zero-order valence-electron chi connectivity index (χ0n) is 15.5. The molecular weight excluding hydrogens is 352 g/mol. The van der Waals surface area contributed by atoms with Crippen LogP contribution in [0.4, 0.5) is 4.79 Å². The van der Waals surface area contributed by atoms with E-state index in [1.165, 1.54) is 4.90 Å². The Bertz CT molecular complexity index is 774. The lowest BCUT2D eigenvalue weighted by Crippen LogP contribution is -2.29. The average molecular weight is 379 g/mol. The molecule has 26 heavy (non-hydrogen) atoms. The molecular formula is C17H26N4O4Si. The number of carbonyl (C=O) groups is 1. The molecule has 0 bridgehead atoms. The molecule has 9 heteroatoms. The Morgan fingerprint density at radius 2 is 2.23 bits per heavy atom. The predicted octanol–water partition coefficient (Wildman–Crippen LogP) is 2.87. The molecule has 1 aliphatic heterocycles. The molecule has 1 amide bonds. The smallest absolute Gasteiger partial charge is 0.407 e. The van der Waals surface area contributed by atoms with Crippen molar-refractivity contribution in [3.8, 4) is 5.88 Å². The van der Waals surface area contributed by atoms with Crippen molar-refractivity contribution in [2.75, 3.05) is 19.7 Å². The quantitative estimate of drug-likeness (QED) is 0.588. The molecule has 0 aromatic carbocycles. The summed E-state index contributed by atoms with van der Waals surface area (Å²) in [5, 5.41) is 9.00. The molecule has 2 aromatic heterocycles. The summed E-state index contributed by atoms with van der Waals surface area (Å²) in [4.78, 5) is 21.2. The molecule has 1 fully saturated rings. The number of nitrogens with zero attached hydrogens (tertiary/aromatic N) is 4. The van der Waals surface area contributed by atoms with E-state index in [-0.39, 0.29) is 6.10 Å². The number of likely N-dealkylation sites (tertiary alicyclic amines) is 1. The Morgan fingerprint density at radius 1 is 1.42 bits per heavy atom. The first-order valence-corrected chi connectivity index (χ1v) is 12.6. The van der Waals surface area contributed by atoms with Gasteiger partial charge in [0.25, 0.3) is 0 Å². The van der Waals surface area contributed by atoms with Crippen molar-refractivity contribution in [2.45, 2.75) is 44.9 Å². The number of aromatic nitrogens is 3. The molecule has 0 radical (unpaired) electrons. The van der Waals surface area contributed by atoms with E-state index < -0.39 is 14.2 Å². The van der Waals surface area contributed by atoms with E-state index in [0.29, 0.717) is 32.1 Å². The first-order valence-electron chi connectivity index (χ1n) is 8.86. The number of ether oxygens (including phenoxy) is 2. The van der Waals surface area contributed by atoms with Gasteiger partial charge in [-0.25, -0.2) is 14.8 Å². The van der Waals surface area contributed by atoms with Crippen LogP contribution in [0, 0.1) is 0 Å². The Morgan fingerprint density at radius 3 is 2.92 bits per heavy atom. The first kappa shape index (κ1) is 18.7. The van der Waals surface area contributed by atoms with Crippen LogP contribution in [0.25, 0.3) is 11.2 Å². The third kappa shape index (κ3) is 4.73. The van der Waals surface area contributed by atoms with E-state index in [9.17, 15) is 4.79 Å². The largest absolute Gasteiger partial charge is 0.471 e. The second-order valence-corrected chi connectivity index (χ2v) is 13.4. The van der Waals surface area contributed by atoms with E-state index in [0.717, 1.165) is 23.8 Å². The van der Waals surface area contributed by atoms with E-state index in [2.05, 4.69) is 29.6 Å². The van der Waals surface area contributed by atoms with Gasteiger partial charge < -0.3 is 24.0 Å². The van der Waals surface area contributed by atoms with Crippen molar-refractivity contribution < 1.29 is 19.4 Å². The standard InChI is InChI=1S/C17H26N4O4Si/c1-26(2,3)9-8-24-12-21-7-5-14-16(21)18-10-15(19-14)25-13-4-6-20(11-13)17(22)23/h5,7,10,13H,4,6,8-9,11-12H2,1-3H3,(H,22,23)/t13-/m0/s1. The van der Waals surface area contributed by atoms with E-state index in [4.69, 9.17) is 14.6 Å². The van der Waals surface area contributed by atoms with Crippen LogP contribution in [-0.2, 0) is 11.5 Å². The molecule has 1 atom stereocenters. The highest BCUT2D eigenvalue weighted by Gasteiger charge is 2.27. The van der Waals surface area contributed by atoms with E-state index in [1.807, 2.05) is 16.8 Å². The molecule has 8 nitrogen and oxygen atoms in total. The van der Waals surface area contributed by atoms with Crippen LogP contribution in [0.1, 0.15) is 6.42 Å². The summed E-state index contributed by atoms with van der Waals surface area (Å²) in [6.45, 7) is 9.05. The maximum absolute atomic E-state index is 11.0. The maximum Gasteiger partial charge on any atom is 0.407 e. The van der Waals surface area contributed by atoms with Gasteiger partial charge in [-0.15, -0.1) is 0 Å². The van der Waals surface area contributed by atoms with Gasteiger partial charge in [0.05, 0.1) is 12.7 Å². The number of amides is 1. The molecule has 0 saturated carbocycles. The number of carboxylic acid groups (broad SMARTS) is 1. The van der Waals surface area contributed by atoms with Crippen LogP contribution in [0.3, 0.4) is 0 Å². The lowest BCUT2D eigenvalue weighted by molar-refractivity contribution is 0.0898. The molecule has 1 N–H and O–H groups in total. The molecule has 142 valence electrons. The molecule has 0 unspecified atom stereocenters. The fourth-order valence-corrected chi connectivity index (χ4v) is 3.57. The minimum atomic E-state index is -1.09. The minimum Gasteiger partial charge on any atom is -0.471 e. The Labute approximate surface area is 153 Å². The summed E-state index contributed by atoms with van der Waals surface area (Å²) in [6, 6.07) is 3.01. The summed E-state index contributed by atoms with van der Waals surface area (Å²) < 4.78 is 13.5. The fourth-order valence-electron chi connectivity index (χ4n) is 2.82. The third-order valence-corrected chi connectivity index (χ3v) is 6.08. The Kier molecular flexibility index (Phi) is 5.47. The van der Waals surface area contributed by atoms with Crippen LogP contribution in [0.5, 0.6) is 5.88 Å². The normalized spacial score (nSPS) is 17.8. The Hall–Kier alpha value is -2.13.